The third-order valence-corrected chi connectivity index (χ3v) is 5.87. The standard InChI is InChI=1S/C27H24BrN3O5/c1-16-5-4-6-23(17(16)2)31-25(33)15-36-26-22(28)12-18(13-24(26)35-3)11-19(14-29)27(34)30-20-7-9-21(32)10-8-20/h4-13,32H,15H2,1-3H3,(H,30,34)(H,31,33)/b19-11+. The fourth-order valence-electron chi connectivity index (χ4n) is 3.23. The molecule has 184 valence electrons. The summed E-state index contributed by atoms with van der Waals surface area (Å²) >= 11 is 3.41. The Morgan fingerprint density at radius 3 is 2.50 bits per heavy atom. The minimum absolute atomic E-state index is 0.0612. The van der Waals surface area contributed by atoms with Gasteiger partial charge in [-0.3, -0.25) is 9.59 Å². The molecule has 0 spiro atoms. The van der Waals surface area contributed by atoms with Crippen molar-refractivity contribution in [1.29, 1.82) is 5.26 Å². The highest BCUT2D eigenvalue weighted by molar-refractivity contribution is 9.10. The lowest BCUT2D eigenvalue weighted by atomic mass is 10.1. The number of ether oxygens (including phenoxy) is 2. The van der Waals surface area contributed by atoms with Crippen molar-refractivity contribution in [3.8, 4) is 23.3 Å². The van der Waals surface area contributed by atoms with Crippen molar-refractivity contribution in [3.63, 3.8) is 0 Å². The molecular weight excluding hydrogens is 526 g/mol. The lowest BCUT2D eigenvalue weighted by molar-refractivity contribution is -0.118. The van der Waals surface area contributed by atoms with Crippen LogP contribution in [0.1, 0.15) is 16.7 Å². The van der Waals surface area contributed by atoms with Crippen LogP contribution in [0, 0.1) is 25.2 Å². The SMILES string of the molecule is COc1cc(/C=C(\C#N)C(=O)Nc2ccc(O)cc2)cc(Br)c1OCC(=O)Nc1cccc(C)c1C. The Morgan fingerprint density at radius 2 is 1.83 bits per heavy atom. The molecule has 36 heavy (non-hydrogen) atoms. The predicted molar refractivity (Wildman–Crippen MR) is 141 cm³/mol. The van der Waals surface area contributed by atoms with E-state index in [1.807, 2.05) is 38.1 Å². The molecule has 3 rings (SSSR count). The van der Waals surface area contributed by atoms with Gasteiger partial charge in [0.15, 0.2) is 18.1 Å². The van der Waals surface area contributed by atoms with Crippen molar-refractivity contribution in [3.05, 3.63) is 81.3 Å². The van der Waals surface area contributed by atoms with Crippen molar-refractivity contribution in [2.24, 2.45) is 0 Å². The van der Waals surface area contributed by atoms with E-state index >= 15 is 0 Å². The van der Waals surface area contributed by atoms with Gasteiger partial charge in [0, 0.05) is 11.4 Å². The average molecular weight is 550 g/mol. The first-order valence-electron chi connectivity index (χ1n) is 10.8. The van der Waals surface area contributed by atoms with Gasteiger partial charge in [-0.1, -0.05) is 12.1 Å². The second kappa shape index (κ2) is 11.9. The van der Waals surface area contributed by atoms with E-state index in [0.29, 0.717) is 32.9 Å². The van der Waals surface area contributed by atoms with E-state index in [1.54, 1.807) is 12.1 Å². The van der Waals surface area contributed by atoms with Gasteiger partial charge < -0.3 is 25.2 Å². The molecule has 3 N–H and O–H groups in total. The van der Waals surface area contributed by atoms with Crippen LogP contribution in [-0.4, -0.2) is 30.6 Å². The van der Waals surface area contributed by atoms with E-state index < -0.39 is 5.91 Å². The quantitative estimate of drug-likeness (QED) is 0.198. The molecule has 0 bridgehead atoms. The number of benzene rings is 3. The number of aromatic hydroxyl groups is 1. The van der Waals surface area contributed by atoms with Gasteiger partial charge in [-0.05, 0) is 95.0 Å². The minimum atomic E-state index is -0.610. The Balaban J connectivity index is 1.74. The Hall–Kier alpha value is -4.29. The summed E-state index contributed by atoms with van der Waals surface area (Å²) in [6.07, 6.45) is 1.40. The Morgan fingerprint density at radius 1 is 1.11 bits per heavy atom. The topological polar surface area (TPSA) is 121 Å². The number of halogens is 1. The molecule has 0 atom stereocenters. The van der Waals surface area contributed by atoms with Crippen LogP contribution in [0.4, 0.5) is 11.4 Å². The smallest absolute Gasteiger partial charge is 0.266 e. The molecule has 0 aliphatic carbocycles. The maximum Gasteiger partial charge on any atom is 0.266 e. The summed E-state index contributed by atoms with van der Waals surface area (Å²) in [7, 11) is 1.45. The molecule has 8 nitrogen and oxygen atoms in total. The summed E-state index contributed by atoms with van der Waals surface area (Å²) in [6, 6.07) is 16.7. The summed E-state index contributed by atoms with van der Waals surface area (Å²) in [5.74, 6) is -0.267. The van der Waals surface area contributed by atoms with Gasteiger partial charge in [0.25, 0.3) is 11.8 Å². The highest BCUT2D eigenvalue weighted by atomic mass is 79.9. The first-order chi connectivity index (χ1) is 17.2. The van der Waals surface area contributed by atoms with Gasteiger partial charge in [-0.25, -0.2) is 0 Å². The molecule has 0 unspecified atom stereocenters. The van der Waals surface area contributed by atoms with Crippen molar-refractivity contribution in [2.75, 3.05) is 24.4 Å². The molecule has 0 radical (unpaired) electrons. The number of nitrogens with one attached hydrogen (secondary N) is 2. The van der Waals surface area contributed by atoms with Gasteiger partial charge in [-0.2, -0.15) is 5.26 Å². The predicted octanol–water partition coefficient (Wildman–Crippen LogP) is 5.34. The van der Waals surface area contributed by atoms with Crippen molar-refractivity contribution < 1.29 is 24.2 Å². The summed E-state index contributed by atoms with van der Waals surface area (Å²) in [4.78, 5) is 25.0. The molecule has 0 saturated heterocycles. The molecule has 0 aliphatic heterocycles. The molecule has 3 aromatic rings. The first-order valence-corrected chi connectivity index (χ1v) is 11.6. The van der Waals surface area contributed by atoms with Gasteiger partial charge in [0.2, 0.25) is 0 Å². The van der Waals surface area contributed by atoms with Crippen LogP contribution in [0.2, 0.25) is 0 Å². The van der Waals surface area contributed by atoms with Crippen molar-refractivity contribution >= 4 is 45.2 Å². The van der Waals surface area contributed by atoms with Crippen LogP contribution < -0.4 is 20.1 Å². The minimum Gasteiger partial charge on any atom is -0.508 e. The molecule has 0 aliphatic rings. The van der Waals surface area contributed by atoms with Crippen molar-refractivity contribution in [1.82, 2.24) is 0 Å². The highest BCUT2D eigenvalue weighted by Gasteiger charge is 2.16. The van der Waals surface area contributed by atoms with Gasteiger partial charge in [-0.15, -0.1) is 0 Å². The van der Waals surface area contributed by atoms with Crippen LogP contribution in [0.3, 0.4) is 0 Å². The van der Waals surface area contributed by atoms with E-state index in [0.717, 1.165) is 11.1 Å². The number of carbonyl (C=O) groups excluding carboxylic acids is 2. The number of phenolic OH excluding ortho intramolecular Hbond substituents is 1. The molecule has 0 heterocycles. The zero-order valence-corrected chi connectivity index (χ0v) is 21.5. The van der Waals surface area contributed by atoms with Gasteiger partial charge in [0.05, 0.1) is 11.6 Å². The van der Waals surface area contributed by atoms with Crippen LogP contribution in [0.25, 0.3) is 6.08 Å². The van der Waals surface area contributed by atoms with Gasteiger partial charge >= 0.3 is 0 Å². The number of methoxy groups -OCH3 is 1. The first kappa shape index (κ1) is 26.3. The summed E-state index contributed by atoms with van der Waals surface area (Å²) in [5, 5.41) is 24.3. The maximum atomic E-state index is 12.5. The number of hydrogen-bond donors (Lipinski definition) is 3. The number of hydrogen-bond acceptors (Lipinski definition) is 6. The normalized spacial score (nSPS) is 10.8. The van der Waals surface area contributed by atoms with E-state index in [2.05, 4.69) is 26.6 Å². The average Bonchev–Trinajstić information content (AvgIpc) is 2.85. The molecule has 0 fully saturated rings. The number of nitrogens with zero attached hydrogens (tertiary/aromatic N) is 1. The Bertz CT molecular complexity index is 1360. The maximum absolute atomic E-state index is 12.5. The molecular formula is C27H24BrN3O5. The molecule has 9 heteroatoms. The lowest BCUT2D eigenvalue weighted by Gasteiger charge is -2.15. The number of amides is 2. The third kappa shape index (κ3) is 6.64. The van der Waals surface area contributed by atoms with E-state index in [4.69, 9.17) is 9.47 Å². The van der Waals surface area contributed by atoms with E-state index in [-0.39, 0.29) is 23.8 Å². The molecule has 3 aromatic carbocycles. The Labute approximate surface area is 217 Å². The number of aryl methyl sites for hydroxylation is 1. The van der Waals surface area contributed by atoms with Crippen LogP contribution in [-0.2, 0) is 9.59 Å². The zero-order valence-electron chi connectivity index (χ0n) is 19.9. The summed E-state index contributed by atoms with van der Waals surface area (Å²) in [6.45, 7) is 3.64. The van der Waals surface area contributed by atoms with Crippen LogP contribution in [0.15, 0.2) is 64.6 Å². The van der Waals surface area contributed by atoms with Crippen molar-refractivity contribution in [2.45, 2.75) is 13.8 Å². The molecule has 0 aromatic heterocycles. The lowest BCUT2D eigenvalue weighted by Crippen LogP contribution is -2.21. The highest BCUT2D eigenvalue weighted by Crippen LogP contribution is 2.37. The molecule has 2 amide bonds. The van der Waals surface area contributed by atoms with Crippen LogP contribution >= 0.6 is 15.9 Å². The number of rotatable bonds is 8. The Kier molecular flexibility index (Phi) is 8.71. The molecule has 0 saturated carbocycles. The van der Waals surface area contributed by atoms with Gasteiger partial charge in [0.1, 0.15) is 17.4 Å². The van der Waals surface area contributed by atoms with Crippen LogP contribution in [0.5, 0.6) is 17.2 Å². The monoisotopic (exact) mass is 549 g/mol. The fraction of sp³-hybridized carbons (Fsp3) is 0.148. The number of anilines is 2. The fourth-order valence-corrected chi connectivity index (χ4v) is 3.81. The zero-order chi connectivity index (χ0) is 26.2. The summed E-state index contributed by atoms with van der Waals surface area (Å²) < 4.78 is 11.6. The van der Waals surface area contributed by atoms with E-state index in [1.165, 1.54) is 37.5 Å². The second-order valence-corrected chi connectivity index (χ2v) is 8.64. The second-order valence-electron chi connectivity index (χ2n) is 7.79. The largest absolute Gasteiger partial charge is 0.508 e. The third-order valence-electron chi connectivity index (χ3n) is 5.28. The number of nitriles is 1. The number of phenols is 1. The van der Waals surface area contributed by atoms with E-state index in [9.17, 15) is 20.0 Å². The summed E-state index contributed by atoms with van der Waals surface area (Å²) in [5.41, 5.74) is 3.55. The number of carbonyl (C=O) groups is 2.